The Kier molecular flexibility index (Phi) is 3.78. The highest BCUT2D eigenvalue weighted by Gasteiger charge is 2.53. The van der Waals surface area contributed by atoms with Crippen LogP contribution in [0.1, 0.15) is 37.3 Å². The highest BCUT2D eigenvalue weighted by Crippen LogP contribution is 2.55. The van der Waals surface area contributed by atoms with Gasteiger partial charge in [-0.15, -0.1) is 0 Å². The molecule has 3 N–H and O–H groups in total. The van der Waals surface area contributed by atoms with E-state index < -0.39 is 16.3 Å². The van der Waals surface area contributed by atoms with Crippen LogP contribution in [-0.2, 0) is 10.2 Å². The Morgan fingerprint density at radius 1 is 1.19 bits per heavy atom. The molecule has 3 atom stereocenters. The van der Waals surface area contributed by atoms with Crippen molar-refractivity contribution in [3.63, 3.8) is 0 Å². The summed E-state index contributed by atoms with van der Waals surface area (Å²) >= 11 is 0. The average Bonchev–Trinajstić information content (AvgIpc) is 3.30. The van der Waals surface area contributed by atoms with Crippen molar-refractivity contribution in [1.82, 2.24) is 13.9 Å². The number of hydrogen-bond donors (Lipinski definition) is 2. The molecular formula is C19H24N4O3S. The lowest BCUT2D eigenvalue weighted by molar-refractivity contribution is -0.0146. The fourth-order valence-corrected chi connectivity index (χ4v) is 6.28. The molecule has 5 rings (SSSR count). The highest BCUT2D eigenvalue weighted by molar-refractivity contribution is 7.86. The monoisotopic (exact) mass is 388 g/mol. The van der Waals surface area contributed by atoms with Gasteiger partial charge in [0.25, 0.3) is 10.2 Å². The van der Waals surface area contributed by atoms with Crippen molar-refractivity contribution in [2.24, 2.45) is 16.5 Å². The summed E-state index contributed by atoms with van der Waals surface area (Å²) in [5.74, 6) is 0.0997. The summed E-state index contributed by atoms with van der Waals surface area (Å²) in [6, 6.07) is 8.43. The van der Waals surface area contributed by atoms with Crippen molar-refractivity contribution >= 4 is 10.2 Å². The number of aliphatic hydroxyl groups excluding tert-OH is 1. The molecule has 1 aromatic heterocycles. The molecular weight excluding hydrogens is 364 g/mol. The Morgan fingerprint density at radius 3 is 2.67 bits per heavy atom. The third-order valence-electron chi connectivity index (χ3n) is 7.01. The molecule has 7 nitrogen and oxygen atoms in total. The predicted molar refractivity (Wildman–Crippen MR) is 101 cm³/mol. The third-order valence-corrected chi connectivity index (χ3v) is 8.10. The Hall–Kier alpha value is -1.74. The van der Waals surface area contributed by atoms with Crippen LogP contribution in [0.15, 0.2) is 36.8 Å². The molecule has 1 saturated heterocycles. The number of aromatic nitrogens is 2. The zero-order valence-electron chi connectivity index (χ0n) is 15.0. The number of imidazole rings is 1. The van der Waals surface area contributed by atoms with Crippen LogP contribution < -0.4 is 5.14 Å². The molecule has 2 aromatic rings. The number of piperidine rings is 1. The molecule has 0 unspecified atom stereocenters. The summed E-state index contributed by atoms with van der Waals surface area (Å²) in [5.41, 5.74) is 3.33. The Balaban J connectivity index is 1.44. The normalized spacial score (nSPS) is 29.8. The minimum Gasteiger partial charge on any atom is -0.392 e. The lowest BCUT2D eigenvalue weighted by atomic mass is 9.73. The quantitative estimate of drug-likeness (QED) is 0.814. The van der Waals surface area contributed by atoms with E-state index in [1.54, 1.807) is 0 Å². The van der Waals surface area contributed by atoms with Gasteiger partial charge in [-0.3, -0.25) is 0 Å². The molecule has 2 aliphatic heterocycles. The maximum atomic E-state index is 11.6. The molecule has 0 radical (unpaired) electrons. The predicted octanol–water partition coefficient (Wildman–Crippen LogP) is 1.51. The Morgan fingerprint density at radius 2 is 1.93 bits per heavy atom. The minimum absolute atomic E-state index is 0.0874. The molecule has 0 amide bonds. The largest absolute Gasteiger partial charge is 0.392 e. The smallest absolute Gasteiger partial charge is 0.276 e. The van der Waals surface area contributed by atoms with E-state index in [0.717, 1.165) is 18.5 Å². The molecule has 144 valence electrons. The van der Waals surface area contributed by atoms with Crippen LogP contribution in [0.3, 0.4) is 0 Å². The van der Waals surface area contributed by atoms with Crippen LogP contribution in [0.2, 0.25) is 0 Å². The second-order valence-corrected chi connectivity index (χ2v) is 9.72. The number of nitrogens with two attached hydrogens (primary N) is 1. The van der Waals surface area contributed by atoms with E-state index in [1.807, 2.05) is 24.7 Å². The van der Waals surface area contributed by atoms with Gasteiger partial charge in [0.2, 0.25) is 0 Å². The van der Waals surface area contributed by atoms with Gasteiger partial charge in [0.1, 0.15) is 0 Å². The first-order valence-corrected chi connectivity index (χ1v) is 11.0. The van der Waals surface area contributed by atoms with Crippen molar-refractivity contribution in [2.45, 2.75) is 37.8 Å². The van der Waals surface area contributed by atoms with Crippen LogP contribution >= 0.6 is 0 Å². The van der Waals surface area contributed by atoms with E-state index in [9.17, 15) is 13.5 Å². The fourth-order valence-electron chi connectivity index (χ4n) is 5.59. The summed E-state index contributed by atoms with van der Waals surface area (Å²) in [6.07, 6.45) is 6.44. The Bertz CT molecular complexity index is 978. The van der Waals surface area contributed by atoms with E-state index in [-0.39, 0.29) is 17.4 Å². The molecule has 1 saturated carbocycles. The van der Waals surface area contributed by atoms with Gasteiger partial charge in [-0.25, -0.2) is 10.1 Å². The molecule has 0 bridgehead atoms. The second kappa shape index (κ2) is 5.88. The van der Waals surface area contributed by atoms with Crippen molar-refractivity contribution in [3.05, 3.63) is 42.4 Å². The van der Waals surface area contributed by atoms with Crippen molar-refractivity contribution < 1.29 is 13.5 Å². The number of rotatable bonds is 2. The highest BCUT2D eigenvalue weighted by atomic mass is 32.2. The first-order chi connectivity index (χ1) is 12.9. The summed E-state index contributed by atoms with van der Waals surface area (Å²) in [4.78, 5) is 4.32. The summed E-state index contributed by atoms with van der Waals surface area (Å²) < 4.78 is 26.8. The van der Waals surface area contributed by atoms with Crippen LogP contribution in [0.4, 0.5) is 0 Å². The third kappa shape index (κ3) is 2.51. The molecule has 1 spiro atoms. The average molecular weight is 388 g/mol. The molecule has 8 heteroatoms. The minimum atomic E-state index is -3.65. The topological polar surface area (TPSA) is 101 Å². The maximum absolute atomic E-state index is 11.6. The van der Waals surface area contributed by atoms with Crippen LogP contribution in [0.25, 0.3) is 11.3 Å². The zero-order valence-corrected chi connectivity index (χ0v) is 15.8. The van der Waals surface area contributed by atoms with Gasteiger partial charge in [-0.2, -0.15) is 12.7 Å². The van der Waals surface area contributed by atoms with Gasteiger partial charge in [0, 0.05) is 24.6 Å². The number of benzene rings is 1. The number of hydrogen-bond acceptors (Lipinski definition) is 4. The van der Waals surface area contributed by atoms with Crippen molar-refractivity contribution in [3.8, 4) is 11.3 Å². The van der Waals surface area contributed by atoms with Gasteiger partial charge >= 0.3 is 0 Å². The summed E-state index contributed by atoms with van der Waals surface area (Å²) in [7, 11) is -3.65. The molecule has 27 heavy (non-hydrogen) atoms. The van der Waals surface area contributed by atoms with Crippen molar-refractivity contribution in [2.75, 3.05) is 13.1 Å². The number of nitrogens with zero attached hydrogens (tertiary/aromatic N) is 3. The van der Waals surface area contributed by atoms with Crippen LogP contribution in [-0.4, -0.2) is 46.6 Å². The van der Waals surface area contributed by atoms with Gasteiger partial charge < -0.3 is 9.67 Å². The number of fused-ring (bicyclic) bond motifs is 3. The van der Waals surface area contributed by atoms with E-state index in [1.165, 1.54) is 15.4 Å². The Labute approximate surface area is 159 Å². The van der Waals surface area contributed by atoms with Gasteiger partial charge in [0.15, 0.2) is 0 Å². The standard InChI is InChI=1S/C19H24N4O3S/c20-27(25,26)22-9-7-19(8-10-22)6-5-15(18(19)24)17-14-4-2-1-3-13(14)16-11-21-12-23(16)17/h1-4,11-12,15,17-18,24H,5-10H2,(H2,20,25,26)/t15-,17+,18-/m0/s1. The van der Waals surface area contributed by atoms with Crippen LogP contribution in [0.5, 0.6) is 0 Å². The molecule has 2 fully saturated rings. The van der Waals surface area contributed by atoms with E-state index >= 15 is 0 Å². The molecule has 3 heterocycles. The number of aliphatic hydroxyl groups is 1. The zero-order chi connectivity index (χ0) is 18.8. The van der Waals surface area contributed by atoms with Gasteiger partial charge in [-0.05, 0) is 36.7 Å². The SMILES string of the molecule is NS(=O)(=O)N1CCC2(CC[C@@H]([C@H]3c4ccccc4-c4cncn43)[C@@H]2O)CC1. The molecule has 1 aliphatic carbocycles. The second-order valence-electron chi connectivity index (χ2n) is 8.17. The summed E-state index contributed by atoms with van der Waals surface area (Å²) in [6.45, 7) is 0.778. The summed E-state index contributed by atoms with van der Waals surface area (Å²) in [5, 5.41) is 16.6. The fraction of sp³-hybridized carbons (Fsp3) is 0.526. The van der Waals surface area contributed by atoms with E-state index in [2.05, 4.69) is 21.7 Å². The van der Waals surface area contributed by atoms with E-state index in [4.69, 9.17) is 5.14 Å². The maximum Gasteiger partial charge on any atom is 0.276 e. The molecule has 1 aromatic carbocycles. The van der Waals surface area contributed by atoms with E-state index in [0.29, 0.717) is 25.9 Å². The lowest BCUT2D eigenvalue weighted by Gasteiger charge is -2.41. The first kappa shape index (κ1) is 17.4. The van der Waals surface area contributed by atoms with Crippen molar-refractivity contribution in [1.29, 1.82) is 0 Å². The molecule has 3 aliphatic rings. The van der Waals surface area contributed by atoms with Crippen LogP contribution in [0, 0.1) is 11.3 Å². The first-order valence-electron chi connectivity index (χ1n) is 9.48. The lowest BCUT2D eigenvalue weighted by Crippen LogP contribution is -2.49. The van der Waals surface area contributed by atoms with Gasteiger partial charge in [-0.1, -0.05) is 24.3 Å². The van der Waals surface area contributed by atoms with Gasteiger partial charge in [0.05, 0.1) is 30.4 Å².